The zero-order chi connectivity index (χ0) is 18.1. The topological polar surface area (TPSA) is 89.5 Å². The molecule has 0 fully saturated rings. The molecule has 0 aliphatic carbocycles. The summed E-state index contributed by atoms with van der Waals surface area (Å²) in [6, 6.07) is 3.77. The molecule has 132 valence electrons. The van der Waals surface area contributed by atoms with Crippen LogP contribution in [0.1, 0.15) is 19.5 Å². The number of halogens is 1. The number of nitrogens with zero attached hydrogens (tertiary/aromatic N) is 5. The molecule has 4 aromatic rings. The van der Waals surface area contributed by atoms with E-state index >= 15 is 0 Å². The van der Waals surface area contributed by atoms with Crippen molar-refractivity contribution >= 4 is 45.4 Å². The first-order valence-electron chi connectivity index (χ1n) is 8.16. The lowest BCUT2D eigenvalue weighted by atomic mass is 10.3. The Balaban J connectivity index is 1.77. The number of nitrogens with one attached hydrogen (secondary N) is 1. The minimum atomic E-state index is 0.458. The maximum absolute atomic E-state index is 6.45. The average Bonchev–Trinajstić information content (AvgIpc) is 2.98. The maximum atomic E-state index is 6.45. The highest BCUT2D eigenvalue weighted by atomic mass is 35.5. The summed E-state index contributed by atoms with van der Waals surface area (Å²) in [5.74, 6) is 0.458. The van der Waals surface area contributed by atoms with Gasteiger partial charge in [0, 0.05) is 23.5 Å². The van der Waals surface area contributed by atoms with Crippen LogP contribution >= 0.6 is 23.4 Å². The van der Waals surface area contributed by atoms with E-state index in [-0.39, 0.29) is 0 Å². The third kappa shape index (κ3) is 3.06. The molecule has 4 rings (SSSR count). The number of aryl methyl sites for hydroxylation is 1. The second kappa shape index (κ2) is 7.05. The first-order chi connectivity index (χ1) is 12.7. The van der Waals surface area contributed by atoms with Crippen molar-refractivity contribution in [2.75, 3.05) is 6.61 Å². The standard InChI is InChI=1S/C17H15ClN6OS/c1-3-10-12(18)11-14(21-10)23-17(24-15(11)25-4-2)26-16-20-8-9-6-5-7-19-13(9)22-16/h5-8H,3-4H2,1-2H3,(H,21,23,24). The fourth-order valence-electron chi connectivity index (χ4n) is 2.57. The van der Waals surface area contributed by atoms with E-state index in [1.807, 2.05) is 26.0 Å². The molecule has 26 heavy (non-hydrogen) atoms. The van der Waals surface area contributed by atoms with E-state index in [2.05, 4.69) is 29.9 Å². The number of hydrogen-bond donors (Lipinski definition) is 1. The van der Waals surface area contributed by atoms with Crippen LogP contribution in [0.5, 0.6) is 5.88 Å². The van der Waals surface area contributed by atoms with Gasteiger partial charge in [-0.1, -0.05) is 18.5 Å². The third-order valence-corrected chi connectivity index (χ3v) is 4.92. The minimum Gasteiger partial charge on any atom is -0.477 e. The Morgan fingerprint density at radius 1 is 1.15 bits per heavy atom. The van der Waals surface area contributed by atoms with Gasteiger partial charge in [-0.2, -0.15) is 4.98 Å². The second-order valence-electron chi connectivity index (χ2n) is 5.41. The Morgan fingerprint density at radius 2 is 2.04 bits per heavy atom. The Bertz CT molecular complexity index is 1100. The van der Waals surface area contributed by atoms with Crippen LogP contribution in [0, 0.1) is 0 Å². The van der Waals surface area contributed by atoms with Crippen LogP contribution in [-0.4, -0.2) is 36.5 Å². The van der Waals surface area contributed by atoms with Crippen LogP contribution in [-0.2, 0) is 6.42 Å². The molecule has 4 aromatic heterocycles. The van der Waals surface area contributed by atoms with E-state index in [0.29, 0.717) is 44.5 Å². The van der Waals surface area contributed by atoms with Crippen LogP contribution in [0.4, 0.5) is 0 Å². The monoisotopic (exact) mass is 386 g/mol. The fraction of sp³-hybridized carbons (Fsp3) is 0.235. The van der Waals surface area contributed by atoms with Gasteiger partial charge < -0.3 is 9.72 Å². The Labute approximate surface area is 158 Å². The summed E-state index contributed by atoms with van der Waals surface area (Å²) < 4.78 is 5.68. The molecule has 7 nitrogen and oxygen atoms in total. The van der Waals surface area contributed by atoms with Gasteiger partial charge in [0.1, 0.15) is 5.65 Å². The molecule has 0 unspecified atom stereocenters. The van der Waals surface area contributed by atoms with Gasteiger partial charge in [0.2, 0.25) is 11.0 Å². The molecular weight excluding hydrogens is 372 g/mol. The van der Waals surface area contributed by atoms with Crippen LogP contribution in [0.2, 0.25) is 5.02 Å². The van der Waals surface area contributed by atoms with Gasteiger partial charge in [-0.25, -0.2) is 19.9 Å². The molecule has 0 spiro atoms. The molecule has 0 radical (unpaired) electrons. The first kappa shape index (κ1) is 17.0. The van der Waals surface area contributed by atoms with Gasteiger partial charge in [-0.3, -0.25) is 0 Å². The van der Waals surface area contributed by atoms with Crippen LogP contribution in [0.15, 0.2) is 34.8 Å². The Hall–Kier alpha value is -2.45. The van der Waals surface area contributed by atoms with Crippen molar-refractivity contribution in [3.63, 3.8) is 0 Å². The molecule has 0 aliphatic rings. The third-order valence-electron chi connectivity index (χ3n) is 3.76. The SMILES string of the molecule is CCOc1nc(Sc2ncc3cccnc3n2)nc2[nH]c(CC)c(Cl)c12. The van der Waals surface area contributed by atoms with Crippen LogP contribution < -0.4 is 4.74 Å². The van der Waals surface area contributed by atoms with Gasteiger partial charge in [-0.15, -0.1) is 0 Å². The molecule has 0 atom stereocenters. The first-order valence-corrected chi connectivity index (χ1v) is 9.35. The molecule has 0 saturated heterocycles. The summed E-state index contributed by atoms with van der Waals surface area (Å²) in [4.78, 5) is 25.3. The van der Waals surface area contributed by atoms with Gasteiger partial charge >= 0.3 is 0 Å². The van der Waals surface area contributed by atoms with E-state index < -0.39 is 0 Å². The quantitative estimate of drug-likeness (QED) is 0.517. The molecule has 9 heteroatoms. The van der Waals surface area contributed by atoms with Crippen molar-refractivity contribution in [2.24, 2.45) is 0 Å². The molecule has 0 bridgehead atoms. The molecule has 0 aliphatic heterocycles. The summed E-state index contributed by atoms with van der Waals surface area (Å²) in [5.41, 5.74) is 2.18. The highest BCUT2D eigenvalue weighted by Gasteiger charge is 2.18. The maximum Gasteiger partial charge on any atom is 0.228 e. The lowest BCUT2D eigenvalue weighted by molar-refractivity contribution is 0.328. The van der Waals surface area contributed by atoms with E-state index in [1.165, 1.54) is 11.8 Å². The Kier molecular flexibility index (Phi) is 4.60. The summed E-state index contributed by atoms with van der Waals surface area (Å²) in [5, 5.41) is 3.19. The van der Waals surface area contributed by atoms with Gasteiger partial charge in [0.25, 0.3) is 0 Å². The van der Waals surface area contributed by atoms with Crippen LogP contribution in [0.3, 0.4) is 0 Å². The second-order valence-corrected chi connectivity index (χ2v) is 6.72. The van der Waals surface area contributed by atoms with Gasteiger partial charge in [0.05, 0.1) is 17.0 Å². The highest BCUT2D eigenvalue weighted by Crippen LogP contribution is 2.35. The van der Waals surface area contributed by atoms with E-state index in [9.17, 15) is 0 Å². The highest BCUT2D eigenvalue weighted by molar-refractivity contribution is 7.99. The number of hydrogen-bond acceptors (Lipinski definition) is 7. The molecule has 0 aromatic carbocycles. The summed E-state index contributed by atoms with van der Waals surface area (Å²) in [6.07, 6.45) is 4.20. The number of H-pyrrole nitrogens is 1. The van der Waals surface area contributed by atoms with Crippen molar-refractivity contribution in [2.45, 2.75) is 30.6 Å². The Morgan fingerprint density at radius 3 is 2.85 bits per heavy atom. The van der Waals surface area contributed by atoms with Gasteiger partial charge in [0.15, 0.2) is 10.8 Å². The van der Waals surface area contributed by atoms with Gasteiger partial charge in [-0.05, 0) is 37.2 Å². The number of aromatic amines is 1. The molecule has 1 N–H and O–H groups in total. The largest absolute Gasteiger partial charge is 0.477 e. The van der Waals surface area contributed by atoms with E-state index in [0.717, 1.165) is 17.5 Å². The summed E-state index contributed by atoms with van der Waals surface area (Å²) in [7, 11) is 0. The van der Waals surface area contributed by atoms with Crippen molar-refractivity contribution in [1.29, 1.82) is 0 Å². The lowest BCUT2D eigenvalue weighted by Crippen LogP contribution is -1.99. The molecular formula is C17H15ClN6OS. The fourth-order valence-corrected chi connectivity index (χ4v) is 3.58. The molecule has 0 saturated carbocycles. The average molecular weight is 387 g/mol. The predicted molar refractivity (Wildman–Crippen MR) is 101 cm³/mol. The minimum absolute atomic E-state index is 0.458. The molecule has 4 heterocycles. The van der Waals surface area contributed by atoms with E-state index in [1.54, 1.807) is 12.4 Å². The number of rotatable bonds is 5. The van der Waals surface area contributed by atoms with Crippen molar-refractivity contribution < 1.29 is 4.74 Å². The summed E-state index contributed by atoms with van der Waals surface area (Å²) >= 11 is 7.70. The zero-order valence-corrected chi connectivity index (χ0v) is 15.7. The van der Waals surface area contributed by atoms with Crippen molar-refractivity contribution in [3.8, 4) is 5.88 Å². The van der Waals surface area contributed by atoms with E-state index in [4.69, 9.17) is 16.3 Å². The normalized spacial score (nSPS) is 11.3. The van der Waals surface area contributed by atoms with Crippen LogP contribution in [0.25, 0.3) is 22.1 Å². The zero-order valence-electron chi connectivity index (χ0n) is 14.2. The number of pyridine rings is 1. The molecule has 0 amide bonds. The lowest BCUT2D eigenvalue weighted by Gasteiger charge is -2.06. The summed E-state index contributed by atoms with van der Waals surface area (Å²) in [6.45, 7) is 4.41. The number of ether oxygens (including phenoxy) is 1. The number of aromatic nitrogens is 6. The predicted octanol–water partition coefficient (Wildman–Crippen LogP) is 4.06. The number of fused-ring (bicyclic) bond motifs is 2. The van der Waals surface area contributed by atoms with Crippen molar-refractivity contribution in [3.05, 3.63) is 35.2 Å². The van der Waals surface area contributed by atoms with Crippen molar-refractivity contribution in [1.82, 2.24) is 29.9 Å². The smallest absolute Gasteiger partial charge is 0.228 e.